The van der Waals surface area contributed by atoms with Crippen LogP contribution >= 0.6 is 0 Å². The summed E-state index contributed by atoms with van der Waals surface area (Å²) in [4.78, 5) is 44.0. The summed E-state index contributed by atoms with van der Waals surface area (Å²) < 4.78 is 12.4. The minimum Gasteiger partial charge on any atom is -0.448 e. The third kappa shape index (κ3) is 5.81. The zero-order valence-electron chi connectivity index (χ0n) is 19.1. The second-order valence-electron chi connectivity index (χ2n) is 7.89. The van der Waals surface area contributed by atoms with Crippen LogP contribution in [-0.2, 0) is 16.5 Å². The van der Waals surface area contributed by atoms with Crippen molar-refractivity contribution in [3.8, 4) is 0 Å². The van der Waals surface area contributed by atoms with E-state index in [-0.39, 0.29) is 36.8 Å². The van der Waals surface area contributed by atoms with Crippen LogP contribution in [0.3, 0.4) is 0 Å². The molecule has 13 nitrogen and oxygen atoms in total. The van der Waals surface area contributed by atoms with Crippen LogP contribution < -0.4 is 16.0 Å². The molecule has 4 bridgehead atoms. The highest BCUT2D eigenvalue weighted by atomic mass is 16.6. The molecule has 0 aromatic carbocycles. The number of hydrogen-bond acceptors (Lipinski definition) is 9. The van der Waals surface area contributed by atoms with Gasteiger partial charge in [-0.2, -0.15) is 5.10 Å². The predicted octanol–water partition coefficient (Wildman–Crippen LogP) is 0.228. The van der Waals surface area contributed by atoms with Gasteiger partial charge in [0.2, 0.25) is 0 Å². The first-order chi connectivity index (χ1) is 16.9. The Balaban J connectivity index is 1.62. The van der Waals surface area contributed by atoms with E-state index in [9.17, 15) is 14.4 Å². The Kier molecular flexibility index (Phi) is 7.35. The van der Waals surface area contributed by atoms with Gasteiger partial charge in [0, 0.05) is 50.9 Å². The van der Waals surface area contributed by atoms with Crippen LogP contribution in [0.5, 0.6) is 0 Å². The van der Waals surface area contributed by atoms with Gasteiger partial charge in [-0.1, -0.05) is 6.07 Å². The number of fused-ring (bicyclic) bond motifs is 5. The molecule has 4 heterocycles. The van der Waals surface area contributed by atoms with Crippen molar-refractivity contribution < 1.29 is 23.9 Å². The number of pyridine rings is 1. The van der Waals surface area contributed by atoms with Crippen molar-refractivity contribution in [2.24, 2.45) is 7.05 Å². The fourth-order valence-electron chi connectivity index (χ4n) is 3.62. The van der Waals surface area contributed by atoms with Crippen LogP contribution in [0.2, 0.25) is 0 Å². The smallest absolute Gasteiger partial charge is 0.409 e. The number of aryl methyl sites for hydroxylation is 1. The molecule has 1 unspecified atom stereocenters. The molecule has 4 N–H and O–H groups in total. The lowest BCUT2D eigenvalue weighted by Crippen LogP contribution is -2.50. The number of amides is 3. The largest absolute Gasteiger partial charge is 0.448 e. The van der Waals surface area contributed by atoms with Crippen molar-refractivity contribution in [2.45, 2.75) is 6.10 Å². The number of hydrogen-bond donors (Lipinski definition) is 4. The number of allylic oxidation sites excluding steroid dienone is 1. The van der Waals surface area contributed by atoms with E-state index in [1.807, 2.05) is 0 Å². The lowest BCUT2D eigenvalue weighted by molar-refractivity contribution is -0.0251. The summed E-state index contributed by atoms with van der Waals surface area (Å²) in [6.45, 7) is 1.53. The number of cyclic esters (lactones) is 1. The van der Waals surface area contributed by atoms with Crippen molar-refractivity contribution in [1.29, 1.82) is 5.41 Å². The molecule has 0 spiro atoms. The quantitative estimate of drug-likeness (QED) is 0.420. The molecule has 4 rings (SSSR count). The Morgan fingerprint density at radius 1 is 1.17 bits per heavy atom. The molecule has 184 valence electrons. The highest BCUT2D eigenvalue weighted by Gasteiger charge is 2.27. The minimum absolute atomic E-state index is 0.0303. The van der Waals surface area contributed by atoms with Crippen LogP contribution in [0.25, 0.3) is 5.57 Å². The van der Waals surface area contributed by atoms with E-state index in [4.69, 9.17) is 14.9 Å². The molecule has 1 atom stereocenters. The third-order valence-electron chi connectivity index (χ3n) is 5.34. The molecule has 2 aromatic heterocycles. The van der Waals surface area contributed by atoms with E-state index in [2.05, 4.69) is 26.0 Å². The second kappa shape index (κ2) is 10.8. The van der Waals surface area contributed by atoms with Crippen LogP contribution in [-0.4, -0.2) is 89.3 Å². The molecule has 2 aliphatic rings. The number of anilines is 1. The fraction of sp³-hybridized carbons (Fsp3) is 0.364. The van der Waals surface area contributed by atoms with Gasteiger partial charge < -0.3 is 35.7 Å². The van der Waals surface area contributed by atoms with Gasteiger partial charge in [-0.15, -0.1) is 0 Å². The number of rotatable bonds is 1. The van der Waals surface area contributed by atoms with Crippen molar-refractivity contribution in [2.75, 3.05) is 44.7 Å². The number of morpholine rings is 1. The van der Waals surface area contributed by atoms with Crippen LogP contribution in [0, 0.1) is 5.41 Å². The number of ether oxygens (including phenoxy) is 2. The van der Waals surface area contributed by atoms with Crippen LogP contribution in [0.1, 0.15) is 26.7 Å². The number of carbonyl (C=O) groups is 3. The first-order valence-electron chi connectivity index (χ1n) is 11.0. The van der Waals surface area contributed by atoms with Gasteiger partial charge in [0.05, 0.1) is 30.6 Å². The average molecular weight is 483 g/mol. The molecular formula is C22H26N8O5. The topological polar surface area (TPSA) is 164 Å². The maximum atomic E-state index is 12.9. The monoisotopic (exact) mass is 482 g/mol. The number of nitrogens with one attached hydrogen (secondary N) is 4. The van der Waals surface area contributed by atoms with Crippen molar-refractivity contribution in [3.05, 3.63) is 47.7 Å². The van der Waals surface area contributed by atoms with Crippen LogP contribution in [0.4, 0.5) is 10.5 Å². The highest BCUT2D eigenvalue weighted by molar-refractivity contribution is 6.09. The zero-order valence-corrected chi connectivity index (χ0v) is 19.1. The molecule has 0 saturated carbocycles. The third-order valence-corrected chi connectivity index (χ3v) is 5.34. The summed E-state index contributed by atoms with van der Waals surface area (Å²) in [6, 6.07) is 4.84. The Morgan fingerprint density at radius 2 is 2.00 bits per heavy atom. The minimum atomic E-state index is -0.529. The van der Waals surface area contributed by atoms with Crippen molar-refractivity contribution in [3.63, 3.8) is 0 Å². The first-order valence-corrected chi connectivity index (χ1v) is 11.0. The molecule has 0 radical (unpaired) electrons. The Morgan fingerprint density at radius 3 is 2.83 bits per heavy atom. The first kappa shape index (κ1) is 23.9. The number of carbonyl (C=O) groups excluding carboxylic acids is 3. The SMILES string of the molecule is Cn1cc2c(n1)C(=O)NCC1CN(CCO1)C(=O)OCCN/C=C(\C=N)c1cccc(n1)C(=O)N2. The average Bonchev–Trinajstić information content (AvgIpc) is 3.24. The normalized spacial score (nSPS) is 21.3. The summed E-state index contributed by atoms with van der Waals surface area (Å²) in [5.41, 5.74) is 1.18. The second-order valence-corrected chi connectivity index (χ2v) is 7.89. The summed E-state index contributed by atoms with van der Waals surface area (Å²) in [6.07, 6.45) is 3.30. The summed E-state index contributed by atoms with van der Waals surface area (Å²) in [5.74, 6) is -1.03. The molecule has 13 heteroatoms. The predicted molar refractivity (Wildman–Crippen MR) is 125 cm³/mol. The molecule has 3 amide bonds. The molecule has 0 aliphatic carbocycles. The van der Waals surface area contributed by atoms with Gasteiger partial charge in [0.15, 0.2) is 5.69 Å². The summed E-state index contributed by atoms with van der Waals surface area (Å²) in [5, 5.41) is 20.3. The lowest BCUT2D eigenvalue weighted by atomic mass is 10.2. The van der Waals surface area contributed by atoms with Gasteiger partial charge in [0.25, 0.3) is 11.8 Å². The molecule has 1 saturated heterocycles. The van der Waals surface area contributed by atoms with Gasteiger partial charge >= 0.3 is 6.09 Å². The molecule has 1 fully saturated rings. The van der Waals surface area contributed by atoms with Gasteiger partial charge in [-0.3, -0.25) is 14.3 Å². The van der Waals surface area contributed by atoms with Gasteiger partial charge in [0.1, 0.15) is 12.3 Å². The Hall–Kier alpha value is -4.26. The molecule has 35 heavy (non-hydrogen) atoms. The fourth-order valence-corrected chi connectivity index (χ4v) is 3.62. The van der Waals surface area contributed by atoms with Gasteiger partial charge in [-0.25, -0.2) is 9.78 Å². The molecule has 2 aliphatic heterocycles. The van der Waals surface area contributed by atoms with Gasteiger partial charge in [-0.05, 0) is 12.1 Å². The molecular weight excluding hydrogens is 456 g/mol. The number of aromatic nitrogens is 3. The number of nitrogens with zero attached hydrogens (tertiary/aromatic N) is 4. The van der Waals surface area contributed by atoms with E-state index >= 15 is 0 Å². The lowest BCUT2D eigenvalue weighted by Gasteiger charge is -2.32. The summed E-state index contributed by atoms with van der Waals surface area (Å²) >= 11 is 0. The highest BCUT2D eigenvalue weighted by Crippen LogP contribution is 2.16. The van der Waals surface area contributed by atoms with E-state index < -0.39 is 24.0 Å². The molecule has 2 aromatic rings. The van der Waals surface area contributed by atoms with E-state index in [0.717, 1.165) is 6.21 Å². The zero-order chi connectivity index (χ0) is 24.8. The van der Waals surface area contributed by atoms with E-state index in [1.54, 1.807) is 25.4 Å². The van der Waals surface area contributed by atoms with Crippen LogP contribution in [0.15, 0.2) is 30.6 Å². The van der Waals surface area contributed by atoms with E-state index in [0.29, 0.717) is 31.0 Å². The van der Waals surface area contributed by atoms with Crippen molar-refractivity contribution >= 4 is 35.4 Å². The summed E-state index contributed by atoms with van der Waals surface area (Å²) in [7, 11) is 1.63. The van der Waals surface area contributed by atoms with Crippen molar-refractivity contribution in [1.82, 2.24) is 30.3 Å². The standard InChI is InChI=1S/C22H26N8O5/c1-29-13-18-19(28-29)21(32)25-11-15-12-30(6-8-34-15)22(33)35-7-5-24-10-14(9-23)16-3-2-4-17(26-16)20(31)27-18/h2-4,9-10,13,15,23-24H,5-8,11-12H2,1H3,(H,25,32)(H,27,31)/b14-10+,23-9?. The van der Waals surface area contributed by atoms with E-state index in [1.165, 1.54) is 21.8 Å². The maximum absolute atomic E-state index is 12.9. The maximum Gasteiger partial charge on any atom is 0.409 e. The Labute approximate surface area is 201 Å². The Bertz CT molecular complexity index is 1160.